The third-order valence-corrected chi connectivity index (χ3v) is 4.93. The third-order valence-electron chi connectivity index (χ3n) is 4.40. The van der Waals surface area contributed by atoms with Gasteiger partial charge < -0.3 is 10.2 Å². The molecule has 0 saturated carbocycles. The topological polar surface area (TPSA) is 32.3 Å². The molecular formula is C21H17BrN2O. The first kappa shape index (κ1) is 15.9. The molecule has 124 valence electrons. The van der Waals surface area contributed by atoms with Gasteiger partial charge in [0.2, 0.25) is 0 Å². The number of anilines is 1. The highest BCUT2D eigenvalue weighted by atomic mass is 79.9. The van der Waals surface area contributed by atoms with E-state index in [9.17, 15) is 4.79 Å². The number of halogens is 1. The summed E-state index contributed by atoms with van der Waals surface area (Å²) in [6.07, 6.45) is -0.176. The van der Waals surface area contributed by atoms with Gasteiger partial charge in [0.05, 0.1) is 0 Å². The minimum atomic E-state index is -0.176. The zero-order chi connectivity index (χ0) is 17.2. The monoisotopic (exact) mass is 392 g/mol. The lowest BCUT2D eigenvalue weighted by Gasteiger charge is -2.27. The van der Waals surface area contributed by atoms with Crippen LogP contribution in [0.1, 0.15) is 27.7 Å². The van der Waals surface area contributed by atoms with Gasteiger partial charge in [-0.3, -0.25) is 4.79 Å². The molecule has 3 aromatic carbocycles. The van der Waals surface area contributed by atoms with Crippen LogP contribution in [0.4, 0.5) is 5.69 Å². The molecule has 0 aromatic heterocycles. The molecule has 0 spiro atoms. The first-order valence-corrected chi connectivity index (χ1v) is 8.97. The summed E-state index contributed by atoms with van der Waals surface area (Å²) in [6.45, 7) is 0.572. The smallest absolute Gasteiger partial charge is 0.256 e. The van der Waals surface area contributed by atoms with Crippen LogP contribution in [0.3, 0.4) is 0 Å². The number of benzene rings is 3. The van der Waals surface area contributed by atoms with E-state index in [4.69, 9.17) is 0 Å². The summed E-state index contributed by atoms with van der Waals surface area (Å²) in [6, 6.07) is 25.9. The molecule has 1 N–H and O–H groups in total. The van der Waals surface area contributed by atoms with E-state index in [1.165, 1.54) is 0 Å². The fraction of sp³-hybridized carbons (Fsp3) is 0.0952. The second kappa shape index (κ2) is 6.73. The van der Waals surface area contributed by atoms with Crippen LogP contribution < -0.4 is 5.32 Å². The maximum Gasteiger partial charge on any atom is 0.256 e. The molecular weight excluding hydrogens is 376 g/mol. The first-order chi connectivity index (χ1) is 12.2. The standard InChI is InChI=1S/C21H17BrN2O/c22-16-10-12-17(13-11-16)23-20-18-8-4-5-9-19(18)21(25)24(20)14-15-6-2-1-3-7-15/h1-13,20,23H,14H2/t20-/m1/s1. The summed E-state index contributed by atoms with van der Waals surface area (Å²) >= 11 is 3.46. The highest BCUT2D eigenvalue weighted by molar-refractivity contribution is 9.10. The molecule has 0 unspecified atom stereocenters. The van der Waals surface area contributed by atoms with Gasteiger partial charge in [-0.25, -0.2) is 0 Å². The van der Waals surface area contributed by atoms with Gasteiger partial charge in [0, 0.05) is 27.8 Å². The quantitative estimate of drug-likeness (QED) is 0.660. The zero-order valence-electron chi connectivity index (χ0n) is 13.5. The number of hydrogen-bond donors (Lipinski definition) is 1. The highest BCUT2D eigenvalue weighted by Gasteiger charge is 2.36. The van der Waals surface area contributed by atoms with Crippen molar-refractivity contribution in [3.8, 4) is 0 Å². The fourth-order valence-electron chi connectivity index (χ4n) is 3.17. The highest BCUT2D eigenvalue weighted by Crippen LogP contribution is 2.35. The molecule has 3 aromatic rings. The maximum absolute atomic E-state index is 12.9. The van der Waals surface area contributed by atoms with Gasteiger partial charge in [-0.1, -0.05) is 64.5 Å². The van der Waals surface area contributed by atoms with Crippen LogP contribution in [0.2, 0.25) is 0 Å². The minimum absolute atomic E-state index is 0.0639. The van der Waals surface area contributed by atoms with Crippen molar-refractivity contribution >= 4 is 27.5 Å². The van der Waals surface area contributed by atoms with Crippen LogP contribution in [-0.4, -0.2) is 10.8 Å². The first-order valence-electron chi connectivity index (χ1n) is 8.18. The lowest BCUT2D eigenvalue weighted by Crippen LogP contribution is -2.31. The van der Waals surface area contributed by atoms with Crippen molar-refractivity contribution in [1.29, 1.82) is 0 Å². The molecule has 1 amide bonds. The van der Waals surface area contributed by atoms with E-state index in [0.717, 1.165) is 26.9 Å². The van der Waals surface area contributed by atoms with E-state index in [-0.39, 0.29) is 12.1 Å². The summed E-state index contributed by atoms with van der Waals surface area (Å²) in [5.41, 5.74) is 3.89. The van der Waals surface area contributed by atoms with Crippen molar-refractivity contribution in [2.75, 3.05) is 5.32 Å². The van der Waals surface area contributed by atoms with Gasteiger partial charge in [-0.2, -0.15) is 0 Å². The van der Waals surface area contributed by atoms with Gasteiger partial charge >= 0.3 is 0 Å². The molecule has 4 rings (SSSR count). The molecule has 1 aliphatic rings. The van der Waals surface area contributed by atoms with Crippen molar-refractivity contribution in [1.82, 2.24) is 4.90 Å². The lowest BCUT2D eigenvalue weighted by molar-refractivity contribution is 0.0729. The Hall–Kier alpha value is -2.59. The average Bonchev–Trinajstić information content (AvgIpc) is 2.91. The molecule has 1 aliphatic heterocycles. The van der Waals surface area contributed by atoms with E-state index in [1.54, 1.807) is 0 Å². The number of hydrogen-bond acceptors (Lipinski definition) is 2. The maximum atomic E-state index is 12.9. The Balaban J connectivity index is 1.68. The Bertz CT molecular complexity index is 893. The lowest BCUT2D eigenvalue weighted by atomic mass is 10.1. The second-order valence-corrected chi connectivity index (χ2v) is 6.98. The summed E-state index contributed by atoms with van der Waals surface area (Å²) in [7, 11) is 0. The predicted octanol–water partition coefficient (Wildman–Crippen LogP) is 5.22. The molecule has 0 radical (unpaired) electrons. The summed E-state index contributed by atoms with van der Waals surface area (Å²) in [5, 5.41) is 3.51. The van der Waals surface area contributed by atoms with E-state index in [1.807, 2.05) is 83.8 Å². The summed E-state index contributed by atoms with van der Waals surface area (Å²) < 4.78 is 1.03. The van der Waals surface area contributed by atoms with Gasteiger partial charge in [0.1, 0.15) is 6.17 Å². The van der Waals surface area contributed by atoms with Crippen molar-refractivity contribution in [2.24, 2.45) is 0 Å². The normalized spacial score (nSPS) is 16.0. The number of nitrogens with one attached hydrogen (secondary N) is 1. The molecule has 1 heterocycles. The van der Waals surface area contributed by atoms with Crippen LogP contribution in [0.15, 0.2) is 83.3 Å². The van der Waals surface area contributed by atoms with Gasteiger partial charge in [-0.15, -0.1) is 0 Å². The zero-order valence-corrected chi connectivity index (χ0v) is 15.1. The Morgan fingerprint density at radius 3 is 2.32 bits per heavy atom. The van der Waals surface area contributed by atoms with Crippen molar-refractivity contribution in [3.05, 3.63) is 100 Å². The van der Waals surface area contributed by atoms with Crippen LogP contribution in [0, 0.1) is 0 Å². The molecule has 4 heteroatoms. The molecule has 25 heavy (non-hydrogen) atoms. The molecule has 1 atom stereocenters. The van der Waals surface area contributed by atoms with Crippen LogP contribution in [0.5, 0.6) is 0 Å². The Labute approximate surface area is 155 Å². The number of carbonyl (C=O) groups excluding carboxylic acids is 1. The molecule has 0 aliphatic carbocycles. The largest absolute Gasteiger partial charge is 0.361 e. The van der Waals surface area contributed by atoms with Crippen LogP contribution in [0.25, 0.3) is 0 Å². The third kappa shape index (κ3) is 3.17. The molecule has 3 nitrogen and oxygen atoms in total. The van der Waals surface area contributed by atoms with E-state index >= 15 is 0 Å². The number of carbonyl (C=O) groups is 1. The van der Waals surface area contributed by atoms with Crippen LogP contribution >= 0.6 is 15.9 Å². The number of nitrogens with zero attached hydrogens (tertiary/aromatic N) is 1. The molecule has 0 saturated heterocycles. The average molecular weight is 393 g/mol. The van der Waals surface area contributed by atoms with E-state index < -0.39 is 0 Å². The number of fused-ring (bicyclic) bond motifs is 1. The fourth-order valence-corrected chi connectivity index (χ4v) is 3.44. The van der Waals surface area contributed by atoms with E-state index in [0.29, 0.717) is 6.54 Å². The second-order valence-electron chi connectivity index (χ2n) is 6.06. The van der Waals surface area contributed by atoms with Crippen molar-refractivity contribution in [3.63, 3.8) is 0 Å². The number of rotatable bonds is 4. The summed E-state index contributed by atoms with van der Waals surface area (Å²) in [4.78, 5) is 14.8. The molecule has 0 fully saturated rings. The van der Waals surface area contributed by atoms with Gasteiger partial charge in [0.15, 0.2) is 0 Å². The minimum Gasteiger partial charge on any atom is -0.361 e. The Morgan fingerprint density at radius 2 is 1.56 bits per heavy atom. The summed E-state index contributed by atoms with van der Waals surface area (Å²) in [5.74, 6) is 0.0639. The van der Waals surface area contributed by atoms with Gasteiger partial charge in [0.25, 0.3) is 5.91 Å². The van der Waals surface area contributed by atoms with Crippen molar-refractivity contribution < 1.29 is 4.79 Å². The Morgan fingerprint density at radius 1 is 0.880 bits per heavy atom. The van der Waals surface area contributed by atoms with Crippen molar-refractivity contribution in [2.45, 2.75) is 12.7 Å². The Kier molecular flexibility index (Phi) is 4.28. The number of amides is 1. The SMILES string of the molecule is O=C1c2ccccc2[C@H](Nc2ccc(Br)cc2)N1Cc1ccccc1. The van der Waals surface area contributed by atoms with E-state index in [2.05, 4.69) is 21.2 Å². The molecule has 0 bridgehead atoms. The predicted molar refractivity (Wildman–Crippen MR) is 103 cm³/mol. The van der Waals surface area contributed by atoms with Crippen LogP contribution in [-0.2, 0) is 6.54 Å². The van der Waals surface area contributed by atoms with Gasteiger partial charge in [-0.05, 0) is 35.9 Å².